The summed E-state index contributed by atoms with van der Waals surface area (Å²) in [5.41, 5.74) is 7.52. The topological polar surface area (TPSA) is 107 Å². The van der Waals surface area contributed by atoms with Gasteiger partial charge >= 0.3 is 0 Å². The quantitative estimate of drug-likeness (QED) is 0.506. The van der Waals surface area contributed by atoms with Crippen LogP contribution in [-0.4, -0.2) is 14.9 Å². The molecule has 0 amide bonds. The molecule has 0 atom stereocenters. The third-order valence-corrected chi connectivity index (χ3v) is 3.86. The van der Waals surface area contributed by atoms with Gasteiger partial charge in [0.15, 0.2) is 0 Å². The lowest BCUT2D eigenvalue weighted by molar-refractivity contribution is -0.384. The molecule has 3 rings (SSSR count). The average Bonchev–Trinajstić information content (AvgIpc) is 2.57. The lowest BCUT2D eigenvalue weighted by atomic mass is 10.1. The molecule has 0 bridgehead atoms. The summed E-state index contributed by atoms with van der Waals surface area (Å²) in [5.74, 6) is 0.477. The van der Waals surface area contributed by atoms with Crippen LogP contribution in [0.1, 0.15) is 0 Å². The number of non-ortho nitro benzene ring substituents is 1. The SMILES string of the molecule is Nc1nc(Nc2ccc([N+](=O)[O-])cc2)cc(-c2cc(Cl)ccc2Cl)n1. The van der Waals surface area contributed by atoms with Crippen LogP contribution in [0.15, 0.2) is 48.5 Å². The van der Waals surface area contributed by atoms with Crippen molar-refractivity contribution in [3.8, 4) is 11.3 Å². The van der Waals surface area contributed by atoms with Crippen molar-refractivity contribution in [2.24, 2.45) is 0 Å². The van der Waals surface area contributed by atoms with Crippen LogP contribution < -0.4 is 11.1 Å². The molecule has 3 N–H and O–H groups in total. The highest BCUT2D eigenvalue weighted by molar-refractivity contribution is 6.35. The van der Waals surface area contributed by atoms with Gasteiger partial charge in [-0.2, -0.15) is 4.98 Å². The minimum atomic E-state index is -0.467. The van der Waals surface area contributed by atoms with E-state index in [-0.39, 0.29) is 11.6 Å². The van der Waals surface area contributed by atoms with E-state index in [4.69, 9.17) is 28.9 Å². The Hall–Kier alpha value is -2.90. The first kappa shape index (κ1) is 16.9. The van der Waals surface area contributed by atoms with E-state index in [1.165, 1.54) is 12.1 Å². The molecule has 2 aromatic carbocycles. The van der Waals surface area contributed by atoms with E-state index in [1.807, 2.05) is 0 Å². The molecule has 0 unspecified atom stereocenters. The van der Waals surface area contributed by atoms with E-state index in [0.29, 0.717) is 32.8 Å². The molecule has 25 heavy (non-hydrogen) atoms. The zero-order valence-corrected chi connectivity index (χ0v) is 14.1. The van der Waals surface area contributed by atoms with Gasteiger partial charge in [-0.1, -0.05) is 23.2 Å². The Morgan fingerprint density at radius 3 is 2.44 bits per heavy atom. The molecule has 1 aromatic heterocycles. The zero-order chi connectivity index (χ0) is 18.0. The summed E-state index contributed by atoms with van der Waals surface area (Å²) in [6.45, 7) is 0. The molecule has 1 heterocycles. The fourth-order valence-corrected chi connectivity index (χ4v) is 2.56. The van der Waals surface area contributed by atoms with Gasteiger partial charge in [-0.05, 0) is 30.3 Å². The Morgan fingerprint density at radius 1 is 1.04 bits per heavy atom. The largest absolute Gasteiger partial charge is 0.368 e. The number of nitrogens with two attached hydrogens (primary N) is 1. The van der Waals surface area contributed by atoms with Gasteiger partial charge in [-0.3, -0.25) is 10.1 Å². The molecular formula is C16H11Cl2N5O2. The lowest BCUT2D eigenvalue weighted by Gasteiger charge is -2.10. The molecule has 0 spiro atoms. The number of nitrogens with zero attached hydrogens (tertiary/aromatic N) is 3. The van der Waals surface area contributed by atoms with E-state index in [0.717, 1.165) is 0 Å². The van der Waals surface area contributed by atoms with Crippen molar-refractivity contribution >= 4 is 46.3 Å². The molecule has 0 saturated heterocycles. The van der Waals surface area contributed by atoms with Crippen molar-refractivity contribution in [1.29, 1.82) is 0 Å². The van der Waals surface area contributed by atoms with Crippen LogP contribution in [0, 0.1) is 10.1 Å². The van der Waals surface area contributed by atoms with Gasteiger partial charge in [0.1, 0.15) is 5.82 Å². The van der Waals surface area contributed by atoms with Gasteiger partial charge in [-0.15, -0.1) is 0 Å². The van der Waals surface area contributed by atoms with E-state index in [2.05, 4.69) is 15.3 Å². The smallest absolute Gasteiger partial charge is 0.269 e. The van der Waals surface area contributed by atoms with Crippen LogP contribution in [0.5, 0.6) is 0 Å². The summed E-state index contributed by atoms with van der Waals surface area (Å²) in [5, 5.41) is 14.7. The van der Waals surface area contributed by atoms with Gasteiger partial charge in [-0.25, -0.2) is 4.98 Å². The number of anilines is 3. The monoisotopic (exact) mass is 375 g/mol. The lowest BCUT2D eigenvalue weighted by Crippen LogP contribution is -2.01. The summed E-state index contributed by atoms with van der Waals surface area (Å²) in [6, 6.07) is 12.6. The molecule has 3 aromatic rings. The van der Waals surface area contributed by atoms with Gasteiger partial charge in [0.05, 0.1) is 15.6 Å². The first-order chi connectivity index (χ1) is 11.9. The Morgan fingerprint density at radius 2 is 1.76 bits per heavy atom. The maximum Gasteiger partial charge on any atom is 0.269 e. The number of nitro benzene ring substituents is 1. The van der Waals surface area contributed by atoms with Crippen molar-refractivity contribution in [3.05, 3.63) is 68.7 Å². The number of hydrogen-bond donors (Lipinski definition) is 2. The molecule has 126 valence electrons. The minimum Gasteiger partial charge on any atom is -0.368 e. The van der Waals surface area contributed by atoms with Crippen LogP contribution in [0.3, 0.4) is 0 Å². The third kappa shape index (κ3) is 3.96. The molecule has 9 heteroatoms. The first-order valence-corrected chi connectivity index (χ1v) is 7.79. The molecule has 0 fully saturated rings. The second-order valence-corrected chi connectivity index (χ2v) is 5.89. The maximum absolute atomic E-state index is 10.7. The molecule has 0 radical (unpaired) electrons. The first-order valence-electron chi connectivity index (χ1n) is 7.04. The second kappa shape index (κ2) is 6.92. The zero-order valence-electron chi connectivity index (χ0n) is 12.6. The van der Waals surface area contributed by atoms with E-state index in [9.17, 15) is 10.1 Å². The van der Waals surface area contributed by atoms with Gasteiger partial charge in [0, 0.05) is 34.5 Å². The molecule has 7 nitrogen and oxygen atoms in total. The normalized spacial score (nSPS) is 10.5. The Balaban J connectivity index is 1.94. The number of nitrogen functional groups attached to an aromatic ring is 1. The van der Waals surface area contributed by atoms with Crippen molar-refractivity contribution in [2.45, 2.75) is 0 Å². The average molecular weight is 376 g/mol. The van der Waals surface area contributed by atoms with E-state index >= 15 is 0 Å². The number of aromatic nitrogens is 2. The minimum absolute atomic E-state index is 0.000787. The Labute approximate surface area is 152 Å². The number of rotatable bonds is 4. The van der Waals surface area contributed by atoms with Crippen molar-refractivity contribution < 1.29 is 4.92 Å². The highest BCUT2D eigenvalue weighted by Crippen LogP contribution is 2.31. The van der Waals surface area contributed by atoms with Gasteiger partial charge < -0.3 is 11.1 Å². The molecular weight excluding hydrogens is 365 g/mol. The van der Waals surface area contributed by atoms with E-state index < -0.39 is 4.92 Å². The summed E-state index contributed by atoms with van der Waals surface area (Å²) in [4.78, 5) is 18.5. The number of nitrogens with one attached hydrogen (secondary N) is 1. The summed E-state index contributed by atoms with van der Waals surface area (Å²) < 4.78 is 0. The van der Waals surface area contributed by atoms with Crippen molar-refractivity contribution in [3.63, 3.8) is 0 Å². The Kier molecular flexibility index (Phi) is 4.69. The number of hydrogen-bond acceptors (Lipinski definition) is 6. The van der Waals surface area contributed by atoms with Gasteiger partial charge in [0.25, 0.3) is 5.69 Å². The highest BCUT2D eigenvalue weighted by atomic mass is 35.5. The summed E-state index contributed by atoms with van der Waals surface area (Å²) in [6.07, 6.45) is 0. The molecule has 0 aliphatic heterocycles. The molecule has 0 aliphatic rings. The molecule has 0 saturated carbocycles. The Bertz CT molecular complexity index is 948. The van der Waals surface area contributed by atoms with Crippen molar-refractivity contribution in [1.82, 2.24) is 9.97 Å². The van der Waals surface area contributed by atoms with Crippen LogP contribution in [0.4, 0.5) is 23.1 Å². The number of benzene rings is 2. The van der Waals surface area contributed by atoms with Crippen LogP contribution >= 0.6 is 23.2 Å². The number of nitro groups is 1. The summed E-state index contributed by atoms with van der Waals surface area (Å²) >= 11 is 12.2. The third-order valence-electron chi connectivity index (χ3n) is 3.30. The highest BCUT2D eigenvalue weighted by Gasteiger charge is 2.10. The fourth-order valence-electron chi connectivity index (χ4n) is 2.18. The van der Waals surface area contributed by atoms with Crippen molar-refractivity contribution in [2.75, 3.05) is 11.1 Å². The molecule has 0 aliphatic carbocycles. The fraction of sp³-hybridized carbons (Fsp3) is 0. The standard InChI is InChI=1S/C16H11Cl2N5O2/c17-9-1-6-13(18)12(7-9)14-8-15(22-16(19)21-14)20-10-2-4-11(5-3-10)23(24)25/h1-8H,(H3,19,20,21,22). The van der Waals surface area contributed by atoms with Gasteiger partial charge in [0.2, 0.25) is 5.95 Å². The van der Waals surface area contributed by atoms with Crippen LogP contribution in [0.25, 0.3) is 11.3 Å². The number of halogens is 2. The van der Waals surface area contributed by atoms with Crippen LogP contribution in [-0.2, 0) is 0 Å². The predicted octanol–water partition coefficient (Wildman–Crippen LogP) is 4.68. The summed E-state index contributed by atoms with van der Waals surface area (Å²) in [7, 11) is 0. The second-order valence-electron chi connectivity index (χ2n) is 5.05. The van der Waals surface area contributed by atoms with Crippen LogP contribution in [0.2, 0.25) is 10.0 Å². The van der Waals surface area contributed by atoms with E-state index in [1.54, 1.807) is 36.4 Å². The predicted molar refractivity (Wildman–Crippen MR) is 98.3 cm³/mol. The maximum atomic E-state index is 10.7.